The van der Waals surface area contributed by atoms with Crippen molar-refractivity contribution in [3.05, 3.63) is 98.5 Å². The maximum atomic E-state index is 13.5. The molecule has 0 bridgehead atoms. The number of benzene rings is 3. The van der Waals surface area contributed by atoms with E-state index < -0.39 is 18.0 Å². The van der Waals surface area contributed by atoms with Gasteiger partial charge in [0, 0.05) is 27.3 Å². The van der Waals surface area contributed by atoms with Gasteiger partial charge < -0.3 is 14.6 Å². The molecule has 34 heavy (non-hydrogen) atoms. The van der Waals surface area contributed by atoms with Crippen LogP contribution in [0.25, 0.3) is 21.9 Å². The standard InChI is InChI=1S/C27H23IN2O4/c1-3-22(25(31)29-19-15-13-18(28)14-16-19)34-27(33)24-23(17-9-5-4-6-10-17)20-11-7-8-12-21(20)26(32)30(24)2/h4-16,22H,3H2,1-2H3,(H,29,31). The van der Waals surface area contributed by atoms with Crippen LogP contribution in [0.4, 0.5) is 5.69 Å². The minimum Gasteiger partial charge on any atom is -0.448 e. The van der Waals surface area contributed by atoms with E-state index >= 15 is 0 Å². The first-order valence-electron chi connectivity index (χ1n) is 10.8. The Morgan fingerprint density at radius 2 is 1.56 bits per heavy atom. The maximum absolute atomic E-state index is 13.5. The molecule has 1 atom stereocenters. The van der Waals surface area contributed by atoms with E-state index in [2.05, 4.69) is 27.9 Å². The fourth-order valence-electron chi connectivity index (χ4n) is 3.86. The first kappa shape index (κ1) is 23.7. The van der Waals surface area contributed by atoms with Gasteiger partial charge in [-0.1, -0.05) is 55.5 Å². The Bertz CT molecular complexity index is 1410. The lowest BCUT2D eigenvalue weighted by molar-refractivity contribution is -0.124. The van der Waals surface area contributed by atoms with Crippen molar-refractivity contribution in [3.8, 4) is 11.1 Å². The molecule has 0 fully saturated rings. The topological polar surface area (TPSA) is 77.4 Å². The van der Waals surface area contributed by atoms with Crippen molar-refractivity contribution < 1.29 is 14.3 Å². The van der Waals surface area contributed by atoms with Crippen molar-refractivity contribution in [2.75, 3.05) is 5.32 Å². The smallest absolute Gasteiger partial charge is 0.356 e. The molecule has 1 amide bonds. The van der Waals surface area contributed by atoms with Crippen LogP contribution < -0.4 is 10.9 Å². The van der Waals surface area contributed by atoms with Crippen LogP contribution >= 0.6 is 22.6 Å². The molecule has 0 aliphatic carbocycles. The molecule has 0 saturated carbocycles. The molecule has 1 N–H and O–H groups in total. The van der Waals surface area contributed by atoms with Crippen LogP contribution in [0.1, 0.15) is 23.8 Å². The predicted octanol–water partition coefficient (Wildman–Crippen LogP) is 5.38. The highest BCUT2D eigenvalue weighted by Crippen LogP contribution is 2.31. The number of aromatic nitrogens is 1. The Labute approximate surface area is 210 Å². The van der Waals surface area contributed by atoms with Gasteiger partial charge in [-0.25, -0.2) is 4.79 Å². The van der Waals surface area contributed by atoms with Crippen molar-refractivity contribution in [1.82, 2.24) is 4.57 Å². The van der Waals surface area contributed by atoms with Crippen LogP contribution in [-0.4, -0.2) is 22.5 Å². The van der Waals surface area contributed by atoms with Gasteiger partial charge in [0.15, 0.2) is 6.10 Å². The number of rotatable bonds is 6. The van der Waals surface area contributed by atoms with Crippen molar-refractivity contribution in [3.63, 3.8) is 0 Å². The number of hydrogen-bond donors (Lipinski definition) is 1. The molecule has 1 unspecified atom stereocenters. The number of fused-ring (bicyclic) bond motifs is 1. The summed E-state index contributed by atoms with van der Waals surface area (Å²) < 4.78 is 8.02. The summed E-state index contributed by atoms with van der Waals surface area (Å²) in [4.78, 5) is 39.4. The normalized spacial score (nSPS) is 11.7. The highest BCUT2D eigenvalue weighted by Gasteiger charge is 2.27. The largest absolute Gasteiger partial charge is 0.448 e. The Morgan fingerprint density at radius 1 is 0.941 bits per heavy atom. The number of anilines is 1. The number of halogens is 1. The van der Waals surface area contributed by atoms with Crippen LogP contribution in [0.3, 0.4) is 0 Å². The van der Waals surface area contributed by atoms with Crippen LogP contribution in [-0.2, 0) is 16.6 Å². The number of esters is 1. The van der Waals surface area contributed by atoms with E-state index in [1.54, 1.807) is 38.2 Å². The molecule has 4 rings (SSSR count). The third kappa shape index (κ3) is 4.75. The summed E-state index contributed by atoms with van der Waals surface area (Å²) >= 11 is 2.18. The number of amides is 1. The van der Waals surface area contributed by atoms with Gasteiger partial charge in [0.05, 0.1) is 0 Å². The molecule has 3 aromatic carbocycles. The minimum absolute atomic E-state index is 0.107. The molecule has 0 radical (unpaired) electrons. The van der Waals surface area contributed by atoms with E-state index in [0.29, 0.717) is 22.0 Å². The monoisotopic (exact) mass is 566 g/mol. The van der Waals surface area contributed by atoms with E-state index in [1.807, 2.05) is 54.6 Å². The quantitative estimate of drug-likeness (QED) is 0.251. The number of nitrogens with one attached hydrogen (secondary N) is 1. The Balaban J connectivity index is 1.74. The number of nitrogens with zero attached hydrogens (tertiary/aromatic N) is 1. The second-order valence-electron chi connectivity index (χ2n) is 7.80. The van der Waals surface area contributed by atoms with Gasteiger partial charge in [0.2, 0.25) is 0 Å². The molecule has 1 aromatic heterocycles. The van der Waals surface area contributed by atoms with Gasteiger partial charge in [0.1, 0.15) is 5.69 Å². The van der Waals surface area contributed by atoms with Gasteiger partial charge in [-0.3, -0.25) is 9.59 Å². The fourth-order valence-corrected chi connectivity index (χ4v) is 4.22. The van der Waals surface area contributed by atoms with Crippen LogP contribution in [0.15, 0.2) is 83.7 Å². The molecule has 0 saturated heterocycles. The Morgan fingerprint density at radius 3 is 2.21 bits per heavy atom. The molecular formula is C27H23IN2O4. The molecular weight excluding hydrogens is 543 g/mol. The third-order valence-electron chi connectivity index (χ3n) is 5.58. The van der Waals surface area contributed by atoms with E-state index in [-0.39, 0.29) is 17.7 Å². The van der Waals surface area contributed by atoms with Crippen molar-refractivity contribution in [1.29, 1.82) is 0 Å². The number of ether oxygens (including phenoxy) is 1. The van der Waals surface area contributed by atoms with Gasteiger partial charge in [0.25, 0.3) is 11.5 Å². The first-order chi connectivity index (χ1) is 16.4. The lowest BCUT2D eigenvalue weighted by Gasteiger charge is -2.20. The number of carbonyl (C=O) groups is 2. The zero-order chi connectivity index (χ0) is 24.2. The van der Waals surface area contributed by atoms with Crippen molar-refractivity contribution >= 4 is 50.9 Å². The number of pyridine rings is 1. The fraction of sp³-hybridized carbons (Fsp3) is 0.148. The van der Waals surface area contributed by atoms with Crippen LogP contribution in [0.5, 0.6) is 0 Å². The molecule has 172 valence electrons. The van der Waals surface area contributed by atoms with Gasteiger partial charge in [-0.15, -0.1) is 0 Å². The summed E-state index contributed by atoms with van der Waals surface area (Å²) in [6, 6.07) is 23.9. The van der Waals surface area contributed by atoms with Gasteiger partial charge in [-0.2, -0.15) is 0 Å². The summed E-state index contributed by atoms with van der Waals surface area (Å²) in [5, 5.41) is 3.95. The summed E-state index contributed by atoms with van der Waals surface area (Å²) in [6.07, 6.45) is -0.735. The maximum Gasteiger partial charge on any atom is 0.356 e. The minimum atomic E-state index is -1.02. The highest BCUT2D eigenvalue weighted by molar-refractivity contribution is 14.1. The highest BCUT2D eigenvalue weighted by atomic mass is 127. The molecule has 4 aromatic rings. The SMILES string of the molecule is CCC(OC(=O)c1c(-c2ccccc2)c2ccccc2c(=O)n1C)C(=O)Nc1ccc(I)cc1. The molecule has 0 aliphatic heterocycles. The van der Waals surface area contributed by atoms with Gasteiger partial charge in [-0.05, 0) is 70.3 Å². The number of carbonyl (C=O) groups excluding carboxylic acids is 2. The molecule has 0 aliphatic rings. The van der Waals surface area contributed by atoms with E-state index in [1.165, 1.54) is 4.57 Å². The third-order valence-corrected chi connectivity index (χ3v) is 6.30. The van der Waals surface area contributed by atoms with Crippen molar-refractivity contribution in [2.24, 2.45) is 7.05 Å². The zero-order valence-electron chi connectivity index (χ0n) is 18.7. The average Bonchev–Trinajstić information content (AvgIpc) is 2.86. The lowest BCUT2D eigenvalue weighted by atomic mass is 9.97. The molecule has 0 spiro atoms. The lowest BCUT2D eigenvalue weighted by Crippen LogP contribution is -2.34. The number of hydrogen-bond acceptors (Lipinski definition) is 4. The Kier molecular flexibility index (Phi) is 7.12. The summed E-state index contributed by atoms with van der Waals surface area (Å²) in [5.74, 6) is -1.15. The molecule has 6 nitrogen and oxygen atoms in total. The second-order valence-corrected chi connectivity index (χ2v) is 9.04. The van der Waals surface area contributed by atoms with E-state index in [4.69, 9.17) is 4.74 Å². The molecule has 1 heterocycles. The summed E-state index contributed by atoms with van der Waals surface area (Å²) in [7, 11) is 1.55. The van der Waals surface area contributed by atoms with Crippen LogP contribution in [0, 0.1) is 3.57 Å². The summed E-state index contributed by atoms with van der Waals surface area (Å²) in [6.45, 7) is 1.77. The first-order valence-corrected chi connectivity index (χ1v) is 11.9. The van der Waals surface area contributed by atoms with E-state index in [0.717, 1.165) is 9.13 Å². The van der Waals surface area contributed by atoms with Crippen molar-refractivity contribution in [2.45, 2.75) is 19.4 Å². The van der Waals surface area contributed by atoms with E-state index in [9.17, 15) is 14.4 Å². The van der Waals surface area contributed by atoms with Crippen LogP contribution in [0.2, 0.25) is 0 Å². The predicted molar refractivity (Wildman–Crippen MR) is 142 cm³/mol. The molecule has 7 heteroatoms. The second kappa shape index (κ2) is 10.2. The summed E-state index contributed by atoms with van der Waals surface area (Å²) in [5.41, 5.74) is 1.78. The Hall–Kier alpha value is -3.46. The van der Waals surface area contributed by atoms with Gasteiger partial charge >= 0.3 is 5.97 Å². The zero-order valence-corrected chi connectivity index (χ0v) is 20.9. The average molecular weight is 566 g/mol.